The van der Waals surface area contributed by atoms with Crippen LogP contribution in [-0.4, -0.2) is 30.8 Å². The van der Waals surface area contributed by atoms with Crippen LogP contribution < -0.4 is 9.47 Å². The van der Waals surface area contributed by atoms with E-state index in [-0.39, 0.29) is 33.8 Å². The smallest absolute Gasteiger partial charge is 0.360 e. The highest BCUT2D eigenvalue weighted by Gasteiger charge is 2.20. The number of ether oxygens (including phenoxy) is 3. The van der Waals surface area contributed by atoms with Crippen molar-refractivity contribution < 1.29 is 28.8 Å². The molecule has 0 fully saturated rings. The number of non-ortho nitro benzene ring substituents is 1. The Labute approximate surface area is 204 Å². The molecule has 9 nitrogen and oxygen atoms in total. The molecule has 0 N–H and O–H groups in total. The summed E-state index contributed by atoms with van der Waals surface area (Å²) < 4.78 is 16.3. The zero-order valence-corrected chi connectivity index (χ0v) is 19.5. The van der Waals surface area contributed by atoms with Crippen molar-refractivity contribution >= 4 is 40.6 Å². The number of nitrogens with zero attached hydrogens (tertiary/aromatic N) is 2. The number of benzene rings is 3. The van der Waals surface area contributed by atoms with Gasteiger partial charge >= 0.3 is 5.97 Å². The fraction of sp³-hybridized carbons (Fsp3) is 0.130. The molecule has 3 rings (SSSR count). The summed E-state index contributed by atoms with van der Waals surface area (Å²) in [7, 11) is 2.57. The highest BCUT2D eigenvalue weighted by atomic mass is 35.5. The summed E-state index contributed by atoms with van der Waals surface area (Å²) in [6.45, 7) is 0.0606. The van der Waals surface area contributed by atoms with Crippen LogP contribution in [0.1, 0.15) is 11.1 Å². The Bertz CT molecular complexity index is 1210. The third kappa shape index (κ3) is 5.94. The molecule has 0 unspecified atom stereocenters. The molecule has 0 bridgehead atoms. The molecule has 34 heavy (non-hydrogen) atoms. The van der Waals surface area contributed by atoms with E-state index in [1.54, 1.807) is 24.3 Å². The first-order chi connectivity index (χ1) is 16.3. The van der Waals surface area contributed by atoms with E-state index in [0.717, 1.165) is 0 Å². The van der Waals surface area contributed by atoms with E-state index < -0.39 is 10.9 Å². The molecule has 0 spiro atoms. The molecule has 0 saturated carbocycles. The lowest BCUT2D eigenvalue weighted by Gasteiger charge is -2.14. The first kappa shape index (κ1) is 24.8. The standard InChI is InChI=1S/C23H18Cl2N2O7/c1-31-23(28)21(26-32-2)18-6-4-3-5-14(18)13-33-17-11-19(24)22(20(25)12-17)34-16-9-7-15(8-10-16)27(29)30/h3-12H,13H2,1-2H3/b26-21+. The van der Waals surface area contributed by atoms with E-state index in [9.17, 15) is 14.9 Å². The van der Waals surface area contributed by atoms with Gasteiger partial charge in [-0.15, -0.1) is 0 Å². The van der Waals surface area contributed by atoms with Crippen LogP contribution in [0.15, 0.2) is 65.8 Å². The maximum Gasteiger partial charge on any atom is 0.360 e. The number of nitro benzene ring substituents is 1. The number of carbonyl (C=O) groups is 1. The lowest BCUT2D eigenvalue weighted by Crippen LogP contribution is -2.19. The van der Waals surface area contributed by atoms with Gasteiger partial charge in [-0.2, -0.15) is 0 Å². The summed E-state index contributed by atoms with van der Waals surface area (Å²) in [6, 6.07) is 15.5. The molecule has 0 aliphatic rings. The van der Waals surface area contributed by atoms with Crippen molar-refractivity contribution in [2.45, 2.75) is 6.61 Å². The Morgan fingerprint density at radius 3 is 2.24 bits per heavy atom. The number of hydrogen-bond acceptors (Lipinski definition) is 8. The third-order valence-electron chi connectivity index (χ3n) is 4.47. The molecular weight excluding hydrogens is 487 g/mol. The van der Waals surface area contributed by atoms with Crippen LogP contribution in [0.5, 0.6) is 17.2 Å². The zero-order valence-electron chi connectivity index (χ0n) is 18.0. The SMILES string of the molecule is CO/N=C(/C(=O)OC)c1ccccc1COc1cc(Cl)c(Oc2ccc([N+](=O)[O-])cc2)c(Cl)c1. The van der Waals surface area contributed by atoms with Crippen LogP contribution in [0.4, 0.5) is 5.69 Å². The maximum absolute atomic E-state index is 12.1. The van der Waals surface area contributed by atoms with E-state index >= 15 is 0 Å². The van der Waals surface area contributed by atoms with Gasteiger partial charge in [0.2, 0.25) is 0 Å². The minimum atomic E-state index is -0.659. The Morgan fingerprint density at radius 1 is 1.00 bits per heavy atom. The van der Waals surface area contributed by atoms with E-state index in [4.69, 9.17) is 42.3 Å². The Kier molecular flexibility index (Phi) is 8.29. The second-order valence-corrected chi connectivity index (χ2v) is 7.44. The van der Waals surface area contributed by atoms with Gasteiger partial charge in [-0.05, 0) is 17.7 Å². The molecule has 176 valence electrons. The number of rotatable bonds is 9. The summed E-state index contributed by atoms with van der Waals surface area (Å²) in [4.78, 5) is 27.2. The molecule has 0 amide bonds. The quantitative estimate of drug-likeness (QED) is 0.157. The van der Waals surface area contributed by atoms with Crippen LogP contribution in [-0.2, 0) is 21.0 Å². The third-order valence-corrected chi connectivity index (χ3v) is 5.03. The second-order valence-electron chi connectivity index (χ2n) is 6.63. The van der Waals surface area contributed by atoms with Gasteiger partial charge in [0.15, 0.2) is 11.5 Å². The van der Waals surface area contributed by atoms with Crippen molar-refractivity contribution in [2.24, 2.45) is 5.16 Å². The first-order valence-corrected chi connectivity index (χ1v) is 10.4. The van der Waals surface area contributed by atoms with E-state index in [0.29, 0.717) is 22.6 Å². The summed E-state index contributed by atoms with van der Waals surface area (Å²) in [5, 5.41) is 14.9. The van der Waals surface area contributed by atoms with Gasteiger partial charge in [-0.3, -0.25) is 10.1 Å². The van der Waals surface area contributed by atoms with Crippen molar-refractivity contribution in [2.75, 3.05) is 14.2 Å². The minimum Gasteiger partial charge on any atom is -0.489 e. The topological polar surface area (TPSA) is 109 Å². The Balaban J connectivity index is 1.79. The molecule has 0 aliphatic carbocycles. The first-order valence-electron chi connectivity index (χ1n) is 9.66. The number of esters is 1. The van der Waals surface area contributed by atoms with Gasteiger partial charge in [0.05, 0.1) is 22.1 Å². The molecule has 0 aliphatic heterocycles. The van der Waals surface area contributed by atoms with Crippen molar-refractivity contribution in [1.82, 2.24) is 0 Å². The van der Waals surface area contributed by atoms with Crippen molar-refractivity contribution in [3.05, 3.63) is 92.0 Å². The lowest BCUT2D eigenvalue weighted by atomic mass is 10.0. The summed E-state index contributed by atoms with van der Waals surface area (Å²) in [5.41, 5.74) is 1.04. The Morgan fingerprint density at radius 2 is 1.65 bits per heavy atom. The predicted molar refractivity (Wildman–Crippen MR) is 126 cm³/mol. The largest absolute Gasteiger partial charge is 0.489 e. The minimum absolute atomic E-state index is 0.00731. The van der Waals surface area contributed by atoms with Crippen LogP contribution in [0.3, 0.4) is 0 Å². The fourth-order valence-corrected chi connectivity index (χ4v) is 3.44. The van der Waals surface area contributed by atoms with Crippen molar-refractivity contribution in [1.29, 1.82) is 0 Å². The van der Waals surface area contributed by atoms with Gasteiger partial charge in [0.25, 0.3) is 5.69 Å². The molecule has 3 aromatic rings. The van der Waals surface area contributed by atoms with Crippen molar-refractivity contribution in [3.63, 3.8) is 0 Å². The zero-order chi connectivity index (χ0) is 24.7. The van der Waals surface area contributed by atoms with Crippen LogP contribution in [0, 0.1) is 10.1 Å². The number of hydrogen-bond donors (Lipinski definition) is 0. The monoisotopic (exact) mass is 504 g/mol. The maximum atomic E-state index is 12.1. The number of carbonyl (C=O) groups excluding carboxylic acids is 1. The van der Waals surface area contributed by atoms with E-state index in [1.807, 2.05) is 0 Å². The number of nitro groups is 1. The molecule has 0 aromatic heterocycles. The van der Waals surface area contributed by atoms with Crippen molar-refractivity contribution in [3.8, 4) is 17.2 Å². The lowest BCUT2D eigenvalue weighted by molar-refractivity contribution is -0.384. The molecule has 0 saturated heterocycles. The highest BCUT2D eigenvalue weighted by molar-refractivity contribution is 6.43. The Hall–Kier alpha value is -3.82. The normalized spacial score (nSPS) is 11.0. The summed E-state index contributed by atoms with van der Waals surface area (Å²) in [6.07, 6.45) is 0. The van der Waals surface area contributed by atoms with Gasteiger partial charge < -0.3 is 19.0 Å². The average molecular weight is 505 g/mol. The second kappa shape index (κ2) is 11.4. The number of methoxy groups -OCH3 is 1. The summed E-state index contributed by atoms with van der Waals surface area (Å²) >= 11 is 12.7. The molecule has 3 aromatic carbocycles. The van der Waals surface area contributed by atoms with Crippen LogP contribution >= 0.6 is 23.2 Å². The molecule has 11 heteroatoms. The van der Waals surface area contributed by atoms with Crippen LogP contribution in [0.2, 0.25) is 10.0 Å². The molecular formula is C23H18Cl2N2O7. The van der Waals surface area contributed by atoms with Gasteiger partial charge in [-0.25, -0.2) is 4.79 Å². The van der Waals surface area contributed by atoms with Gasteiger partial charge in [-0.1, -0.05) is 52.6 Å². The molecule has 0 heterocycles. The summed E-state index contributed by atoms with van der Waals surface area (Å²) in [5.74, 6) is 0.187. The number of halogens is 2. The molecule has 0 radical (unpaired) electrons. The van der Waals surface area contributed by atoms with Gasteiger partial charge in [0, 0.05) is 29.8 Å². The van der Waals surface area contributed by atoms with Gasteiger partial charge in [0.1, 0.15) is 25.2 Å². The highest BCUT2D eigenvalue weighted by Crippen LogP contribution is 2.40. The van der Waals surface area contributed by atoms with Crippen LogP contribution in [0.25, 0.3) is 0 Å². The predicted octanol–water partition coefficient (Wildman–Crippen LogP) is 5.80. The van der Waals surface area contributed by atoms with E-state index in [2.05, 4.69) is 5.16 Å². The molecule has 0 atom stereocenters. The number of oxime groups is 1. The average Bonchev–Trinajstić information content (AvgIpc) is 2.83. The fourth-order valence-electron chi connectivity index (χ4n) is 2.89. The van der Waals surface area contributed by atoms with E-state index in [1.165, 1.54) is 50.6 Å².